The number of rotatable bonds is 6. The van der Waals surface area contributed by atoms with E-state index >= 15 is 0 Å². The Morgan fingerprint density at radius 3 is 2.90 bits per heavy atom. The molecule has 1 aromatic heterocycles. The van der Waals surface area contributed by atoms with E-state index in [4.69, 9.17) is 0 Å². The zero-order chi connectivity index (χ0) is 14.5. The molecular weight excluding hydrogens is 262 g/mol. The molecule has 3 N–H and O–H groups in total. The molecule has 2 aromatic rings. The van der Waals surface area contributed by atoms with Crippen LogP contribution in [0.15, 0.2) is 30.5 Å². The van der Waals surface area contributed by atoms with Crippen molar-refractivity contribution in [1.82, 2.24) is 15.6 Å². The summed E-state index contributed by atoms with van der Waals surface area (Å²) in [4.78, 5) is 15.1. The number of carbonyl (C=O) groups is 1. The summed E-state index contributed by atoms with van der Waals surface area (Å²) in [6.07, 6.45) is 7.77. The maximum Gasteiger partial charge on any atom is 0.234 e. The van der Waals surface area contributed by atoms with Gasteiger partial charge in [-0.05, 0) is 37.4 Å². The van der Waals surface area contributed by atoms with Gasteiger partial charge in [-0.3, -0.25) is 4.79 Å². The van der Waals surface area contributed by atoms with Crippen molar-refractivity contribution in [3.05, 3.63) is 36.0 Å². The van der Waals surface area contributed by atoms with Gasteiger partial charge in [-0.15, -0.1) is 0 Å². The largest absolute Gasteiger partial charge is 0.361 e. The van der Waals surface area contributed by atoms with Gasteiger partial charge in [-0.25, -0.2) is 0 Å². The monoisotopic (exact) mass is 285 g/mol. The van der Waals surface area contributed by atoms with Crippen LogP contribution in [0.5, 0.6) is 0 Å². The van der Waals surface area contributed by atoms with Crippen LogP contribution >= 0.6 is 0 Å². The molecular formula is C17H23N3O. The molecule has 0 atom stereocenters. The first-order chi connectivity index (χ1) is 10.3. The van der Waals surface area contributed by atoms with Crippen molar-refractivity contribution < 1.29 is 4.79 Å². The van der Waals surface area contributed by atoms with E-state index in [1.165, 1.54) is 29.3 Å². The third kappa shape index (κ3) is 3.64. The summed E-state index contributed by atoms with van der Waals surface area (Å²) in [5.41, 5.74) is 2.47. The Morgan fingerprint density at radius 1 is 1.24 bits per heavy atom. The van der Waals surface area contributed by atoms with E-state index in [0.717, 1.165) is 25.8 Å². The highest BCUT2D eigenvalue weighted by atomic mass is 16.1. The van der Waals surface area contributed by atoms with Crippen LogP contribution in [0, 0.1) is 0 Å². The zero-order valence-corrected chi connectivity index (χ0v) is 12.3. The number of fused-ring (bicyclic) bond motifs is 1. The summed E-state index contributed by atoms with van der Waals surface area (Å²) >= 11 is 0. The molecule has 1 heterocycles. The molecule has 1 saturated carbocycles. The van der Waals surface area contributed by atoms with E-state index < -0.39 is 0 Å². The smallest absolute Gasteiger partial charge is 0.234 e. The van der Waals surface area contributed by atoms with Crippen molar-refractivity contribution in [3.8, 4) is 0 Å². The van der Waals surface area contributed by atoms with Crippen molar-refractivity contribution in [3.63, 3.8) is 0 Å². The van der Waals surface area contributed by atoms with Crippen LogP contribution in [0.1, 0.15) is 31.2 Å². The minimum Gasteiger partial charge on any atom is -0.361 e. The lowest BCUT2D eigenvalue weighted by atomic mass is 10.1. The van der Waals surface area contributed by atoms with Gasteiger partial charge < -0.3 is 15.6 Å². The standard InChI is InChI=1S/C17H23N3O/c21-17(20-14-5-1-2-6-14)12-18-10-9-13-11-19-16-8-4-3-7-15(13)16/h3-4,7-8,11,14,18-19H,1-2,5-6,9-10,12H2,(H,20,21). The van der Waals surface area contributed by atoms with Crippen molar-refractivity contribution in [2.24, 2.45) is 0 Å². The number of H-pyrrole nitrogens is 1. The fourth-order valence-corrected chi connectivity index (χ4v) is 3.11. The Labute approximate surface area is 125 Å². The lowest BCUT2D eigenvalue weighted by Crippen LogP contribution is -2.39. The molecule has 1 amide bonds. The number of benzene rings is 1. The first-order valence-electron chi connectivity index (χ1n) is 7.88. The van der Waals surface area contributed by atoms with E-state index in [1.54, 1.807) is 0 Å². The maximum absolute atomic E-state index is 11.8. The first kappa shape index (κ1) is 14.1. The topological polar surface area (TPSA) is 56.9 Å². The van der Waals surface area contributed by atoms with Crippen LogP contribution in [0.4, 0.5) is 0 Å². The second-order valence-corrected chi connectivity index (χ2v) is 5.84. The molecule has 4 heteroatoms. The van der Waals surface area contributed by atoms with Gasteiger partial charge in [0.25, 0.3) is 0 Å². The van der Waals surface area contributed by atoms with Crippen molar-refractivity contribution in [2.75, 3.05) is 13.1 Å². The summed E-state index contributed by atoms with van der Waals surface area (Å²) in [7, 11) is 0. The molecule has 0 saturated heterocycles. The van der Waals surface area contributed by atoms with Gasteiger partial charge in [0.1, 0.15) is 0 Å². The second-order valence-electron chi connectivity index (χ2n) is 5.84. The number of para-hydroxylation sites is 1. The Morgan fingerprint density at radius 2 is 2.05 bits per heavy atom. The lowest BCUT2D eigenvalue weighted by molar-refractivity contribution is -0.120. The normalized spacial score (nSPS) is 15.6. The van der Waals surface area contributed by atoms with Crippen LogP contribution in [-0.2, 0) is 11.2 Å². The molecule has 1 fully saturated rings. The maximum atomic E-state index is 11.8. The highest BCUT2D eigenvalue weighted by molar-refractivity contribution is 5.83. The quantitative estimate of drug-likeness (QED) is 0.714. The number of aromatic amines is 1. The third-order valence-corrected chi connectivity index (χ3v) is 4.25. The van der Waals surface area contributed by atoms with Gasteiger partial charge >= 0.3 is 0 Å². The Bertz CT molecular complexity index is 599. The first-order valence-corrected chi connectivity index (χ1v) is 7.88. The highest BCUT2D eigenvalue weighted by Crippen LogP contribution is 2.18. The molecule has 0 bridgehead atoms. The fourth-order valence-electron chi connectivity index (χ4n) is 3.11. The number of aromatic nitrogens is 1. The van der Waals surface area contributed by atoms with Crippen LogP contribution in [0.25, 0.3) is 10.9 Å². The number of hydrogen-bond donors (Lipinski definition) is 3. The SMILES string of the molecule is O=C(CNCCc1c[nH]c2ccccc12)NC1CCCC1. The second kappa shape index (κ2) is 6.76. The minimum atomic E-state index is 0.126. The van der Waals surface area contributed by atoms with Gasteiger partial charge in [0.05, 0.1) is 6.54 Å². The van der Waals surface area contributed by atoms with E-state index in [2.05, 4.69) is 40.0 Å². The number of amides is 1. The number of hydrogen-bond acceptors (Lipinski definition) is 2. The molecule has 0 aliphatic heterocycles. The average molecular weight is 285 g/mol. The molecule has 112 valence electrons. The van der Waals surface area contributed by atoms with Crippen molar-refractivity contribution in [1.29, 1.82) is 0 Å². The van der Waals surface area contributed by atoms with E-state index in [-0.39, 0.29) is 5.91 Å². The third-order valence-electron chi connectivity index (χ3n) is 4.25. The molecule has 21 heavy (non-hydrogen) atoms. The summed E-state index contributed by atoms with van der Waals surface area (Å²) in [5, 5.41) is 7.60. The molecule has 0 unspecified atom stereocenters. The molecule has 0 radical (unpaired) electrons. The Balaban J connectivity index is 1.40. The molecule has 1 aromatic carbocycles. The fraction of sp³-hybridized carbons (Fsp3) is 0.471. The van der Waals surface area contributed by atoms with Crippen molar-refractivity contribution >= 4 is 16.8 Å². The van der Waals surface area contributed by atoms with E-state index in [1.807, 2.05) is 6.07 Å². The molecule has 3 rings (SSSR count). The van der Waals surface area contributed by atoms with Gasteiger partial charge in [0.2, 0.25) is 5.91 Å². The van der Waals surface area contributed by atoms with Crippen LogP contribution in [0.3, 0.4) is 0 Å². The highest BCUT2D eigenvalue weighted by Gasteiger charge is 2.16. The molecule has 0 spiro atoms. The van der Waals surface area contributed by atoms with Gasteiger partial charge in [-0.2, -0.15) is 0 Å². The van der Waals surface area contributed by atoms with Crippen molar-refractivity contribution in [2.45, 2.75) is 38.1 Å². The van der Waals surface area contributed by atoms with E-state index in [9.17, 15) is 4.79 Å². The summed E-state index contributed by atoms with van der Waals surface area (Å²) in [6.45, 7) is 1.23. The Hall–Kier alpha value is -1.81. The van der Waals surface area contributed by atoms with Gasteiger partial charge in [0, 0.05) is 23.1 Å². The predicted octanol–water partition coefficient (Wildman–Crippen LogP) is 2.36. The molecule has 4 nitrogen and oxygen atoms in total. The molecule has 1 aliphatic carbocycles. The Kier molecular flexibility index (Phi) is 4.55. The number of carbonyl (C=O) groups excluding carboxylic acids is 1. The minimum absolute atomic E-state index is 0.126. The van der Waals surface area contributed by atoms with E-state index in [0.29, 0.717) is 12.6 Å². The van der Waals surface area contributed by atoms with Crippen LogP contribution in [-0.4, -0.2) is 30.0 Å². The summed E-state index contributed by atoms with van der Waals surface area (Å²) in [6, 6.07) is 8.72. The van der Waals surface area contributed by atoms with Crippen LogP contribution in [0.2, 0.25) is 0 Å². The zero-order valence-electron chi connectivity index (χ0n) is 12.3. The molecule has 1 aliphatic rings. The van der Waals surface area contributed by atoms with Gasteiger partial charge in [0.15, 0.2) is 0 Å². The summed E-state index contributed by atoms with van der Waals surface area (Å²) < 4.78 is 0. The van der Waals surface area contributed by atoms with Gasteiger partial charge in [-0.1, -0.05) is 31.0 Å². The predicted molar refractivity (Wildman–Crippen MR) is 85.3 cm³/mol. The van der Waals surface area contributed by atoms with Crippen LogP contribution < -0.4 is 10.6 Å². The number of nitrogens with one attached hydrogen (secondary N) is 3. The lowest BCUT2D eigenvalue weighted by Gasteiger charge is -2.12. The summed E-state index contributed by atoms with van der Waals surface area (Å²) in [5.74, 6) is 0.126. The average Bonchev–Trinajstić information content (AvgIpc) is 3.13.